The topological polar surface area (TPSA) is 32.7 Å². The zero-order valence-electron chi connectivity index (χ0n) is 17.9. The fraction of sp³-hybridized carbons (Fsp3) is 0.520. The number of aryl methyl sites for hydroxylation is 1. The smallest absolute Gasteiger partial charge is 0.0979 e. The highest BCUT2D eigenvalue weighted by Gasteiger charge is 2.41. The van der Waals surface area contributed by atoms with Gasteiger partial charge in [0.2, 0.25) is 0 Å². The van der Waals surface area contributed by atoms with Gasteiger partial charge in [-0.1, -0.05) is 68.8 Å². The molecule has 3 nitrogen and oxygen atoms in total. The number of ether oxygens (including phenoxy) is 1. The summed E-state index contributed by atoms with van der Waals surface area (Å²) in [5.74, 6) is 0.318. The van der Waals surface area contributed by atoms with Gasteiger partial charge in [0.15, 0.2) is 0 Å². The van der Waals surface area contributed by atoms with E-state index < -0.39 is 5.60 Å². The molecule has 0 amide bonds. The lowest BCUT2D eigenvalue weighted by molar-refractivity contribution is -0.0356. The van der Waals surface area contributed by atoms with Crippen LogP contribution in [0.25, 0.3) is 0 Å². The molecule has 0 radical (unpaired) electrons. The van der Waals surface area contributed by atoms with E-state index in [2.05, 4.69) is 62.1 Å². The lowest BCUT2D eigenvalue weighted by atomic mass is 9.72. The van der Waals surface area contributed by atoms with Crippen LogP contribution in [0, 0.1) is 5.92 Å². The molecule has 1 saturated heterocycles. The molecule has 29 heavy (non-hydrogen) atoms. The highest BCUT2D eigenvalue weighted by molar-refractivity contribution is 6.30. The number of morpholine rings is 1. The largest absolute Gasteiger partial charge is 0.384 e. The summed E-state index contributed by atoms with van der Waals surface area (Å²) in [6, 6.07) is 16.5. The molecule has 2 aromatic carbocycles. The van der Waals surface area contributed by atoms with Crippen LogP contribution in [0.4, 0.5) is 0 Å². The summed E-state index contributed by atoms with van der Waals surface area (Å²) >= 11 is 6.17. The molecule has 0 aliphatic carbocycles. The predicted octanol–water partition coefficient (Wildman–Crippen LogP) is 5.25. The van der Waals surface area contributed by atoms with Crippen molar-refractivity contribution in [1.82, 2.24) is 4.90 Å². The molecule has 0 spiro atoms. The molecule has 0 bridgehead atoms. The van der Waals surface area contributed by atoms with E-state index in [9.17, 15) is 5.11 Å². The van der Waals surface area contributed by atoms with Gasteiger partial charge in [0, 0.05) is 30.6 Å². The zero-order chi connectivity index (χ0) is 20.9. The van der Waals surface area contributed by atoms with Crippen molar-refractivity contribution in [2.24, 2.45) is 5.92 Å². The number of rotatable bonds is 8. The molecule has 0 unspecified atom stereocenters. The number of nitrogens with zero attached hydrogens (tertiary/aromatic N) is 1. The summed E-state index contributed by atoms with van der Waals surface area (Å²) in [6.07, 6.45) is 1.70. The van der Waals surface area contributed by atoms with Crippen molar-refractivity contribution >= 4 is 11.6 Å². The van der Waals surface area contributed by atoms with Crippen LogP contribution >= 0.6 is 11.6 Å². The van der Waals surface area contributed by atoms with E-state index in [0.29, 0.717) is 12.3 Å². The zero-order valence-corrected chi connectivity index (χ0v) is 18.7. The minimum atomic E-state index is -0.952. The first-order valence-electron chi connectivity index (χ1n) is 10.8. The Kier molecular flexibility index (Phi) is 7.75. The normalized spacial score (nSPS) is 18.6. The van der Waals surface area contributed by atoms with Gasteiger partial charge in [0.1, 0.15) is 0 Å². The second kappa shape index (κ2) is 10.1. The first-order valence-corrected chi connectivity index (χ1v) is 11.2. The van der Waals surface area contributed by atoms with Gasteiger partial charge in [-0.15, -0.1) is 0 Å². The predicted molar refractivity (Wildman–Crippen MR) is 121 cm³/mol. The summed E-state index contributed by atoms with van der Waals surface area (Å²) in [7, 11) is 0. The van der Waals surface area contributed by atoms with Crippen molar-refractivity contribution in [2.75, 3.05) is 32.8 Å². The maximum absolute atomic E-state index is 12.2. The fourth-order valence-electron chi connectivity index (χ4n) is 4.38. The van der Waals surface area contributed by atoms with E-state index in [4.69, 9.17) is 16.3 Å². The average molecular weight is 416 g/mol. The summed E-state index contributed by atoms with van der Waals surface area (Å²) in [5.41, 5.74) is 2.46. The summed E-state index contributed by atoms with van der Waals surface area (Å²) in [5, 5.41) is 13.0. The van der Waals surface area contributed by atoms with Gasteiger partial charge in [0.05, 0.1) is 18.8 Å². The quantitative estimate of drug-likeness (QED) is 0.638. The van der Waals surface area contributed by atoms with E-state index >= 15 is 0 Å². The van der Waals surface area contributed by atoms with Crippen LogP contribution in [-0.2, 0) is 16.8 Å². The summed E-state index contributed by atoms with van der Waals surface area (Å²) in [6.45, 7) is 10.6. The second-order valence-corrected chi connectivity index (χ2v) is 9.03. The summed E-state index contributed by atoms with van der Waals surface area (Å²) < 4.78 is 5.54. The monoisotopic (exact) mass is 415 g/mol. The van der Waals surface area contributed by atoms with Crippen molar-refractivity contribution in [3.63, 3.8) is 0 Å². The van der Waals surface area contributed by atoms with E-state index in [0.717, 1.165) is 55.4 Å². The number of halogens is 1. The van der Waals surface area contributed by atoms with Gasteiger partial charge in [-0.3, -0.25) is 4.90 Å². The van der Waals surface area contributed by atoms with E-state index in [1.54, 1.807) is 0 Å². The Bertz CT molecular complexity index is 753. The van der Waals surface area contributed by atoms with Crippen molar-refractivity contribution < 1.29 is 9.84 Å². The van der Waals surface area contributed by atoms with E-state index in [1.165, 1.54) is 5.56 Å². The Morgan fingerprint density at radius 2 is 1.66 bits per heavy atom. The molecule has 1 aliphatic rings. The van der Waals surface area contributed by atoms with Gasteiger partial charge < -0.3 is 9.84 Å². The third-order valence-corrected chi connectivity index (χ3v) is 6.23. The standard InChI is InChI=1S/C25H34ClNO2/c1-4-20-5-9-22(10-6-20)25(28,17-19(2)3)24(18-27-13-15-29-16-14-27)21-7-11-23(26)12-8-21/h5-12,19,24,28H,4,13-18H2,1-3H3/t24-,25+/m1/s1. The third-order valence-electron chi connectivity index (χ3n) is 5.97. The van der Waals surface area contributed by atoms with E-state index in [-0.39, 0.29) is 5.92 Å². The molecule has 1 N–H and O–H groups in total. The highest BCUT2D eigenvalue weighted by Crippen LogP contribution is 2.43. The lowest BCUT2D eigenvalue weighted by Gasteiger charge is -2.42. The van der Waals surface area contributed by atoms with Crippen LogP contribution < -0.4 is 0 Å². The molecule has 158 valence electrons. The van der Waals surface area contributed by atoms with Crippen LogP contribution in [0.2, 0.25) is 5.02 Å². The van der Waals surface area contributed by atoms with Gasteiger partial charge in [-0.25, -0.2) is 0 Å². The second-order valence-electron chi connectivity index (χ2n) is 8.59. The lowest BCUT2D eigenvalue weighted by Crippen LogP contribution is -2.45. The molecule has 1 aliphatic heterocycles. The third kappa shape index (κ3) is 5.61. The Morgan fingerprint density at radius 1 is 1.03 bits per heavy atom. The SMILES string of the molecule is CCc1ccc([C@@](O)(CC(C)C)[C@H](CN2CCOCC2)c2ccc(Cl)cc2)cc1. The number of hydrogen-bond acceptors (Lipinski definition) is 3. The maximum atomic E-state index is 12.2. The van der Waals surface area contributed by atoms with Crippen LogP contribution in [0.3, 0.4) is 0 Å². The Morgan fingerprint density at radius 3 is 2.21 bits per heavy atom. The van der Waals surface area contributed by atoms with Crippen LogP contribution in [-0.4, -0.2) is 42.9 Å². The van der Waals surface area contributed by atoms with Crippen molar-refractivity contribution in [3.05, 3.63) is 70.2 Å². The number of benzene rings is 2. The van der Waals surface area contributed by atoms with Gasteiger partial charge in [0.25, 0.3) is 0 Å². The molecular weight excluding hydrogens is 382 g/mol. The van der Waals surface area contributed by atoms with Gasteiger partial charge >= 0.3 is 0 Å². The molecular formula is C25H34ClNO2. The average Bonchev–Trinajstić information content (AvgIpc) is 2.73. The molecule has 2 aromatic rings. The Hall–Kier alpha value is -1.39. The first-order chi connectivity index (χ1) is 13.9. The Labute approximate surface area is 180 Å². The van der Waals surface area contributed by atoms with Crippen molar-refractivity contribution in [3.8, 4) is 0 Å². The summed E-state index contributed by atoms with van der Waals surface area (Å²) in [4.78, 5) is 2.41. The molecule has 0 saturated carbocycles. The minimum absolute atomic E-state index is 0.0484. The number of aliphatic hydroxyl groups is 1. The minimum Gasteiger partial charge on any atom is -0.384 e. The van der Waals surface area contributed by atoms with Crippen LogP contribution in [0.15, 0.2) is 48.5 Å². The van der Waals surface area contributed by atoms with Crippen LogP contribution in [0.5, 0.6) is 0 Å². The molecule has 4 heteroatoms. The van der Waals surface area contributed by atoms with Gasteiger partial charge in [-0.2, -0.15) is 0 Å². The molecule has 3 rings (SSSR count). The first kappa shape index (κ1) is 22.3. The van der Waals surface area contributed by atoms with Gasteiger partial charge in [-0.05, 0) is 47.6 Å². The molecule has 2 atom stereocenters. The number of hydrogen-bond donors (Lipinski definition) is 1. The molecule has 0 aromatic heterocycles. The fourth-order valence-corrected chi connectivity index (χ4v) is 4.51. The highest BCUT2D eigenvalue weighted by atomic mass is 35.5. The van der Waals surface area contributed by atoms with E-state index in [1.807, 2.05) is 12.1 Å². The van der Waals surface area contributed by atoms with Crippen molar-refractivity contribution in [2.45, 2.75) is 45.1 Å². The maximum Gasteiger partial charge on any atom is 0.0979 e. The molecule has 1 heterocycles. The van der Waals surface area contributed by atoms with Crippen LogP contribution in [0.1, 0.15) is 49.8 Å². The Balaban J connectivity index is 2.03. The molecule has 1 fully saturated rings. The van der Waals surface area contributed by atoms with Crippen molar-refractivity contribution in [1.29, 1.82) is 0 Å².